The maximum Gasteiger partial charge on any atom is 0.241 e. The second-order valence-corrected chi connectivity index (χ2v) is 6.95. The van der Waals surface area contributed by atoms with Gasteiger partial charge in [0, 0.05) is 18.2 Å². The molecule has 0 bridgehead atoms. The average Bonchev–Trinajstić information content (AvgIpc) is 2.35. The topological polar surface area (TPSA) is 75.4 Å². The van der Waals surface area contributed by atoms with E-state index in [4.69, 9.17) is 5.73 Å². The Morgan fingerprint density at radius 1 is 1.38 bits per heavy atom. The van der Waals surface area contributed by atoms with Crippen molar-refractivity contribution in [1.29, 1.82) is 0 Å². The van der Waals surface area contributed by atoms with Crippen molar-refractivity contribution in [2.75, 3.05) is 27.2 Å². The van der Waals surface area contributed by atoms with Gasteiger partial charge in [-0.2, -0.15) is 0 Å². The monoisotopic (exact) mass is 309 g/mol. The fourth-order valence-corrected chi connectivity index (χ4v) is 3.54. The molecule has 1 unspecified atom stereocenters. The van der Waals surface area contributed by atoms with Crippen LogP contribution in [0.25, 0.3) is 0 Å². The van der Waals surface area contributed by atoms with Crippen molar-refractivity contribution in [2.24, 2.45) is 5.73 Å². The zero-order valence-corrected chi connectivity index (χ0v) is 13.8. The summed E-state index contributed by atoms with van der Waals surface area (Å²) in [5, 5.41) is 0. The molecular weight excluding hydrogens is 286 g/mol. The second-order valence-electron chi connectivity index (χ2n) is 5.27. The Kier molecular flexibility index (Phi) is 6.37. The molecule has 6 heteroatoms. The van der Waals surface area contributed by atoms with Crippen LogP contribution in [-0.2, 0) is 10.0 Å². The van der Waals surface area contributed by atoms with Crippen LogP contribution < -0.4 is 10.5 Å². The van der Waals surface area contributed by atoms with E-state index in [-0.39, 0.29) is 17.5 Å². The summed E-state index contributed by atoms with van der Waals surface area (Å²) in [5.74, 6) is 5.58. The van der Waals surface area contributed by atoms with Gasteiger partial charge in [0.1, 0.15) is 0 Å². The molecule has 0 fully saturated rings. The first kappa shape index (κ1) is 17.7. The van der Waals surface area contributed by atoms with Crippen molar-refractivity contribution >= 4 is 10.0 Å². The highest BCUT2D eigenvalue weighted by Gasteiger charge is 2.20. The van der Waals surface area contributed by atoms with Crippen LogP contribution in [0.3, 0.4) is 0 Å². The Morgan fingerprint density at radius 3 is 2.62 bits per heavy atom. The fourth-order valence-electron chi connectivity index (χ4n) is 2.03. The van der Waals surface area contributed by atoms with Crippen molar-refractivity contribution in [1.82, 2.24) is 9.62 Å². The van der Waals surface area contributed by atoms with Crippen LogP contribution in [0.1, 0.15) is 18.1 Å². The van der Waals surface area contributed by atoms with E-state index >= 15 is 0 Å². The summed E-state index contributed by atoms with van der Waals surface area (Å²) in [6, 6.07) is 4.96. The van der Waals surface area contributed by atoms with Gasteiger partial charge in [-0.1, -0.05) is 17.9 Å². The molecule has 1 rings (SSSR count). The normalized spacial score (nSPS) is 12.9. The molecule has 0 radical (unpaired) electrons. The molecule has 116 valence electrons. The highest BCUT2D eigenvalue weighted by Crippen LogP contribution is 2.17. The van der Waals surface area contributed by atoms with Crippen LogP contribution in [0.2, 0.25) is 0 Å². The van der Waals surface area contributed by atoms with Gasteiger partial charge < -0.3 is 10.6 Å². The minimum atomic E-state index is -3.56. The van der Waals surface area contributed by atoms with Crippen LogP contribution in [0.4, 0.5) is 0 Å². The molecule has 21 heavy (non-hydrogen) atoms. The van der Waals surface area contributed by atoms with E-state index in [1.807, 2.05) is 25.9 Å². The van der Waals surface area contributed by atoms with E-state index in [0.717, 1.165) is 0 Å². The highest BCUT2D eigenvalue weighted by atomic mass is 32.2. The highest BCUT2D eigenvalue weighted by molar-refractivity contribution is 7.89. The Labute approximate surface area is 127 Å². The quantitative estimate of drug-likeness (QED) is 0.778. The lowest BCUT2D eigenvalue weighted by Crippen LogP contribution is -2.39. The van der Waals surface area contributed by atoms with Crippen LogP contribution in [0.15, 0.2) is 23.1 Å². The molecule has 1 aromatic carbocycles. The van der Waals surface area contributed by atoms with E-state index < -0.39 is 10.0 Å². The summed E-state index contributed by atoms with van der Waals surface area (Å²) in [6.07, 6.45) is 0. The molecule has 1 aromatic rings. The predicted molar refractivity (Wildman–Crippen MR) is 85.4 cm³/mol. The van der Waals surface area contributed by atoms with Gasteiger partial charge in [-0.15, -0.1) is 0 Å². The Hall–Kier alpha value is -1.39. The molecule has 5 nitrogen and oxygen atoms in total. The molecule has 0 aromatic heterocycles. The minimum Gasteiger partial charge on any atom is -0.320 e. The first-order valence-electron chi connectivity index (χ1n) is 6.73. The van der Waals surface area contributed by atoms with E-state index in [1.165, 1.54) is 0 Å². The molecule has 0 aliphatic heterocycles. The number of benzene rings is 1. The van der Waals surface area contributed by atoms with Crippen LogP contribution in [0.5, 0.6) is 0 Å². The molecule has 3 N–H and O–H groups in total. The largest absolute Gasteiger partial charge is 0.320 e. The van der Waals surface area contributed by atoms with Gasteiger partial charge in [0.05, 0.1) is 11.4 Å². The Balaban J connectivity index is 3.07. The zero-order valence-electron chi connectivity index (χ0n) is 13.0. The number of hydrogen-bond acceptors (Lipinski definition) is 4. The lowest BCUT2D eigenvalue weighted by molar-refractivity contribution is 0.370. The lowest BCUT2D eigenvalue weighted by atomic mass is 10.1. The van der Waals surface area contributed by atoms with E-state index in [9.17, 15) is 8.42 Å². The van der Waals surface area contributed by atoms with Gasteiger partial charge in [0.2, 0.25) is 10.0 Å². The molecule has 0 spiro atoms. The van der Waals surface area contributed by atoms with E-state index in [2.05, 4.69) is 16.6 Å². The van der Waals surface area contributed by atoms with Gasteiger partial charge in [0.25, 0.3) is 0 Å². The van der Waals surface area contributed by atoms with Gasteiger partial charge >= 0.3 is 0 Å². The fraction of sp³-hybridized carbons (Fsp3) is 0.467. The smallest absolute Gasteiger partial charge is 0.241 e. The van der Waals surface area contributed by atoms with Crippen molar-refractivity contribution < 1.29 is 8.42 Å². The van der Waals surface area contributed by atoms with Gasteiger partial charge in [-0.05, 0) is 45.6 Å². The van der Waals surface area contributed by atoms with E-state index in [0.29, 0.717) is 17.7 Å². The van der Waals surface area contributed by atoms with Crippen LogP contribution in [-0.4, -0.2) is 46.5 Å². The predicted octanol–water partition coefficient (Wildman–Crippen LogP) is 0.534. The summed E-state index contributed by atoms with van der Waals surface area (Å²) in [4.78, 5) is 2.19. The van der Waals surface area contributed by atoms with Gasteiger partial charge in [-0.3, -0.25) is 0 Å². The number of nitrogens with one attached hydrogen (secondary N) is 1. The maximum absolute atomic E-state index is 12.5. The third-order valence-corrected chi connectivity index (χ3v) is 4.54. The third kappa shape index (κ3) is 5.48. The molecular formula is C15H23N3O2S. The van der Waals surface area contributed by atoms with Crippen molar-refractivity contribution in [3.05, 3.63) is 29.3 Å². The molecule has 0 saturated heterocycles. The minimum absolute atomic E-state index is 0.178. The van der Waals surface area contributed by atoms with Crippen molar-refractivity contribution in [3.8, 4) is 11.8 Å². The molecule has 0 heterocycles. The van der Waals surface area contributed by atoms with E-state index in [1.54, 1.807) is 25.1 Å². The zero-order chi connectivity index (χ0) is 16.0. The summed E-state index contributed by atoms with van der Waals surface area (Å²) in [6.45, 7) is 4.48. The third-order valence-electron chi connectivity index (χ3n) is 2.81. The maximum atomic E-state index is 12.5. The Bertz CT molecular complexity index is 643. The number of sulfonamides is 1. The first-order valence-corrected chi connectivity index (χ1v) is 8.21. The molecule has 0 aliphatic carbocycles. The second kappa shape index (κ2) is 7.57. The van der Waals surface area contributed by atoms with Gasteiger partial charge in [0.15, 0.2) is 0 Å². The summed E-state index contributed by atoms with van der Waals surface area (Å²) >= 11 is 0. The van der Waals surface area contributed by atoms with Crippen molar-refractivity contribution in [3.63, 3.8) is 0 Å². The first-order chi connectivity index (χ1) is 9.76. The summed E-state index contributed by atoms with van der Waals surface area (Å²) in [5.41, 5.74) is 6.67. The number of nitrogens with two attached hydrogens (primary N) is 1. The van der Waals surface area contributed by atoms with Crippen LogP contribution >= 0.6 is 0 Å². The Morgan fingerprint density at radius 2 is 2.05 bits per heavy atom. The standard InChI is InChI=1S/C15H23N3O2S/c1-12-7-8-14(6-5-9-16)10-15(12)21(19,20)17-13(2)11-18(3)4/h7-8,10,13,17H,9,11,16H2,1-4H3. The number of rotatable bonds is 5. The molecule has 0 amide bonds. The van der Waals surface area contributed by atoms with Gasteiger partial charge in [-0.25, -0.2) is 13.1 Å². The number of aryl methyl sites for hydroxylation is 1. The molecule has 0 saturated carbocycles. The summed E-state index contributed by atoms with van der Waals surface area (Å²) < 4.78 is 27.6. The number of likely N-dealkylation sites (N-methyl/N-ethyl adjacent to an activating group) is 1. The number of hydrogen-bond donors (Lipinski definition) is 2. The van der Waals surface area contributed by atoms with Crippen LogP contribution in [0, 0.1) is 18.8 Å². The average molecular weight is 309 g/mol. The lowest BCUT2D eigenvalue weighted by Gasteiger charge is -2.19. The SMILES string of the molecule is Cc1ccc(C#CCN)cc1S(=O)(=O)NC(C)CN(C)C. The molecule has 1 atom stereocenters. The molecule has 0 aliphatic rings. The van der Waals surface area contributed by atoms with Crippen molar-refractivity contribution in [2.45, 2.75) is 24.8 Å². The number of nitrogens with zero attached hydrogens (tertiary/aromatic N) is 1. The summed E-state index contributed by atoms with van der Waals surface area (Å²) in [7, 11) is 0.245.